The Morgan fingerprint density at radius 3 is 2.32 bits per heavy atom. The second kappa shape index (κ2) is 9.42. The Hall–Kier alpha value is -3.68. The molecule has 0 spiro atoms. The monoisotopic (exact) mass is 422 g/mol. The summed E-state index contributed by atoms with van der Waals surface area (Å²) < 4.78 is 10.2. The van der Waals surface area contributed by atoms with Gasteiger partial charge in [-0.1, -0.05) is 56.3 Å². The van der Waals surface area contributed by atoms with E-state index in [1.165, 1.54) is 12.7 Å². The first-order valence-corrected chi connectivity index (χ1v) is 9.93. The maximum Gasteiger partial charge on any atom is 0.316 e. The summed E-state index contributed by atoms with van der Waals surface area (Å²) in [5.74, 6) is 0.0553. The average Bonchev–Trinajstić information content (AvgIpc) is 3.26. The smallest absolute Gasteiger partial charge is 0.316 e. The third kappa shape index (κ3) is 5.69. The Morgan fingerprint density at radius 2 is 1.68 bits per heavy atom. The van der Waals surface area contributed by atoms with Crippen LogP contribution in [0, 0.1) is 0 Å². The van der Waals surface area contributed by atoms with Crippen molar-refractivity contribution in [3.8, 4) is 17.1 Å². The Labute approximate surface area is 181 Å². The van der Waals surface area contributed by atoms with Crippen LogP contribution in [-0.2, 0) is 5.41 Å². The second-order valence-electron chi connectivity index (χ2n) is 7.99. The van der Waals surface area contributed by atoms with Gasteiger partial charge in [-0.2, -0.15) is 4.98 Å². The maximum absolute atomic E-state index is 12.2. The lowest BCUT2D eigenvalue weighted by molar-refractivity contribution is 0.0898. The standard InChI is InChI=1S/C23H26N4O4/c1-23(2,3)17-10-8-15(9-11-17)19-26-22(31-27-19)21(29)25-13-12-24-20(28)16-6-5-7-18(14-16)30-4/h5-11,14H,12-13H2,1-4H3,(H,24,28)(H,25,29). The van der Waals surface area contributed by atoms with Gasteiger partial charge in [0.05, 0.1) is 7.11 Å². The molecule has 0 unspecified atom stereocenters. The molecule has 8 nitrogen and oxygen atoms in total. The SMILES string of the molecule is COc1cccc(C(=O)NCCNC(=O)c2nc(-c3ccc(C(C)(C)C)cc3)no2)c1. The van der Waals surface area contributed by atoms with Gasteiger partial charge in [-0.05, 0) is 29.2 Å². The molecule has 0 atom stereocenters. The number of ether oxygens (including phenoxy) is 1. The molecule has 1 aromatic heterocycles. The number of hydrogen-bond donors (Lipinski definition) is 2. The van der Waals surface area contributed by atoms with E-state index < -0.39 is 5.91 Å². The summed E-state index contributed by atoms with van der Waals surface area (Å²) in [5, 5.41) is 9.26. The normalized spacial score (nSPS) is 11.1. The van der Waals surface area contributed by atoms with E-state index in [0.717, 1.165) is 5.56 Å². The van der Waals surface area contributed by atoms with Crippen LogP contribution >= 0.6 is 0 Å². The van der Waals surface area contributed by atoms with Crippen molar-refractivity contribution < 1.29 is 18.8 Å². The predicted molar refractivity (Wildman–Crippen MR) is 116 cm³/mol. The molecular weight excluding hydrogens is 396 g/mol. The molecule has 0 aliphatic rings. The van der Waals surface area contributed by atoms with Crippen LogP contribution in [0.3, 0.4) is 0 Å². The largest absolute Gasteiger partial charge is 0.497 e. The molecule has 3 aromatic rings. The van der Waals surface area contributed by atoms with Gasteiger partial charge in [0.2, 0.25) is 5.82 Å². The first-order valence-electron chi connectivity index (χ1n) is 9.93. The summed E-state index contributed by atoms with van der Waals surface area (Å²) in [7, 11) is 1.54. The maximum atomic E-state index is 12.2. The van der Waals surface area contributed by atoms with Gasteiger partial charge in [0, 0.05) is 24.2 Å². The van der Waals surface area contributed by atoms with Gasteiger partial charge < -0.3 is 19.9 Å². The zero-order valence-corrected chi connectivity index (χ0v) is 18.1. The van der Waals surface area contributed by atoms with E-state index in [2.05, 4.69) is 41.5 Å². The number of nitrogens with one attached hydrogen (secondary N) is 2. The van der Waals surface area contributed by atoms with E-state index in [4.69, 9.17) is 9.26 Å². The molecule has 0 radical (unpaired) electrons. The number of nitrogens with zero attached hydrogens (tertiary/aromatic N) is 2. The zero-order valence-electron chi connectivity index (χ0n) is 18.1. The van der Waals surface area contributed by atoms with E-state index in [9.17, 15) is 9.59 Å². The molecule has 0 fully saturated rings. The van der Waals surface area contributed by atoms with Gasteiger partial charge in [-0.15, -0.1) is 0 Å². The number of carbonyl (C=O) groups excluding carboxylic acids is 2. The van der Waals surface area contributed by atoms with Crippen LogP contribution in [0.15, 0.2) is 53.1 Å². The van der Waals surface area contributed by atoms with E-state index in [1.54, 1.807) is 24.3 Å². The summed E-state index contributed by atoms with van der Waals surface area (Å²) in [5.41, 5.74) is 2.47. The zero-order chi connectivity index (χ0) is 22.4. The molecule has 0 aliphatic carbocycles. The summed E-state index contributed by atoms with van der Waals surface area (Å²) >= 11 is 0. The van der Waals surface area contributed by atoms with Gasteiger partial charge in [0.15, 0.2) is 0 Å². The highest BCUT2D eigenvalue weighted by molar-refractivity contribution is 5.94. The molecule has 0 saturated carbocycles. The van der Waals surface area contributed by atoms with E-state index in [-0.39, 0.29) is 30.3 Å². The number of carbonyl (C=O) groups is 2. The lowest BCUT2D eigenvalue weighted by Crippen LogP contribution is -2.34. The van der Waals surface area contributed by atoms with Crippen molar-refractivity contribution in [1.29, 1.82) is 0 Å². The molecule has 0 bridgehead atoms. The van der Waals surface area contributed by atoms with Crippen LogP contribution < -0.4 is 15.4 Å². The Balaban J connectivity index is 1.50. The third-order valence-electron chi connectivity index (χ3n) is 4.66. The van der Waals surface area contributed by atoms with Crippen molar-refractivity contribution in [2.24, 2.45) is 0 Å². The predicted octanol–water partition coefficient (Wildman–Crippen LogP) is 3.20. The summed E-state index contributed by atoms with van der Waals surface area (Å²) in [6.07, 6.45) is 0. The van der Waals surface area contributed by atoms with E-state index >= 15 is 0 Å². The Morgan fingerprint density at radius 1 is 1.00 bits per heavy atom. The van der Waals surface area contributed by atoms with Crippen molar-refractivity contribution in [1.82, 2.24) is 20.8 Å². The van der Waals surface area contributed by atoms with Gasteiger partial charge in [-0.3, -0.25) is 9.59 Å². The van der Waals surface area contributed by atoms with Crippen LogP contribution in [0.25, 0.3) is 11.4 Å². The lowest BCUT2D eigenvalue weighted by Gasteiger charge is -2.18. The molecule has 2 N–H and O–H groups in total. The van der Waals surface area contributed by atoms with Crippen LogP contribution in [0.4, 0.5) is 0 Å². The molecule has 31 heavy (non-hydrogen) atoms. The van der Waals surface area contributed by atoms with Crippen LogP contribution in [0.5, 0.6) is 5.75 Å². The van der Waals surface area contributed by atoms with Gasteiger partial charge in [0.1, 0.15) is 5.75 Å². The van der Waals surface area contributed by atoms with Gasteiger partial charge in [-0.25, -0.2) is 0 Å². The molecular formula is C23H26N4O4. The molecule has 8 heteroatoms. The molecule has 2 amide bonds. The van der Waals surface area contributed by atoms with Crippen molar-refractivity contribution in [2.75, 3.05) is 20.2 Å². The van der Waals surface area contributed by atoms with E-state index in [1.807, 2.05) is 24.3 Å². The second-order valence-corrected chi connectivity index (χ2v) is 7.99. The highest BCUT2D eigenvalue weighted by atomic mass is 16.5. The first kappa shape index (κ1) is 22.0. The minimum absolute atomic E-state index is 0.0445. The molecule has 3 rings (SSSR count). The van der Waals surface area contributed by atoms with Crippen molar-refractivity contribution in [3.05, 3.63) is 65.5 Å². The fourth-order valence-corrected chi connectivity index (χ4v) is 2.85. The number of aromatic nitrogens is 2. The number of amides is 2. The topological polar surface area (TPSA) is 106 Å². The number of methoxy groups -OCH3 is 1. The number of hydrogen-bond acceptors (Lipinski definition) is 6. The Kier molecular flexibility index (Phi) is 6.69. The van der Waals surface area contributed by atoms with Crippen molar-refractivity contribution in [3.63, 3.8) is 0 Å². The molecule has 0 saturated heterocycles. The first-order chi connectivity index (χ1) is 14.8. The fourth-order valence-electron chi connectivity index (χ4n) is 2.85. The Bertz CT molecular complexity index is 1050. The third-order valence-corrected chi connectivity index (χ3v) is 4.66. The van der Waals surface area contributed by atoms with Crippen molar-refractivity contribution in [2.45, 2.75) is 26.2 Å². The van der Waals surface area contributed by atoms with E-state index in [0.29, 0.717) is 17.1 Å². The van der Waals surface area contributed by atoms with Crippen LogP contribution in [0.1, 0.15) is 47.4 Å². The molecule has 1 heterocycles. The quantitative estimate of drug-likeness (QED) is 0.567. The fraction of sp³-hybridized carbons (Fsp3) is 0.304. The summed E-state index contributed by atoms with van der Waals surface area (Å²) in [4.78, 5) is 28.6. The molecule has 0 aliphatic heterocycles. The lowest BCUT2D eigenvalue weighted by atomic mass is 9.87. The summed E-state index contributed by atoms with van der Waals surface area (Å²) in [6.45, 7) is 6.87. The minimum Gasteiger partial charge on any atom is -0.497 e. The molecule has 2 aromatic carbocycles. The number of rotatable bonds is 7. The average molecular weight is 422 g/mol. The highest BCUT2D eigenvalue weighted by Crippen LogP contribution is 2.25. The van der Waals surface area contributed by atoms with Crippen LogP contribution in [0.2, 0.25) is 0 Å². The van der Waals surface area contributed by atoms with Crippen LogP contribution in [-0.4, -0.2) is 42.2 Å². The molecule has 162 valence electrons. The van der Waals surface area contributed by atoms with Crippen molar-refractivity contribution >= 4 is 11.8 Å². The minimum atomic E-state index is -0.499. The van der Waals surface area contributed by atoms with Gasteiger partial charge in [0.25, 0.3) is 5.91 Å². The van der Waals surface area contributed by atoms with Gasteiger partial charge >= 0.3 is 11.8 Å². The summed E-state index contributed by atoms with van der Waals surface area (Å²) in [6, 6.07) is 14.6. The highest BCUT2D eigenvalue weighted by Gasteiger charge is 2.17. The number of benzene rings is 2.